The number of pyridine rings is 1. The van der Waals surface area contributed by atoms with E-state index >= 15 is 0 Å². The van der Waals surface area contributed by atoms with Crippen molar-refractivity contribution < 1.29 is 9.67 Å². The van der Waals surface area contributed by atoms with Gasteiger partial charge in [-0.2, -0.15) is 4.57 Å². The summed E-state index contributed by atoms with van der Waals surface area (Å²) in [6.07, 6.45) is 8.45. The van der Waals surface area contributed by atoms with Gasteiger partial charge in [0.1, 0.15) is 0 Å². The van der Waals surface area contributed by atoms with E-state index in [0.29, 0.717) is 6.54 Å². The van der Waals surface area contributed by atoms with Crippen molar-refractivity contribution in [3.8, 4) is 18.1 Å². The van der Waals surface area contributed by atoms with E-state index in [-0.39, 0.29) is 5.75 Å². The average Bonchev–Trinajstić information content (AvgIpc) is 1.88. The number of terminal acetylenes is 1. The van der Waals surface area contributed by atoms with Gasteiger partial charge in [-0.05, 0) is 12.0 Å². The summed E-state index contributed by atoms with van der Waals surface area (Å²) in [7, 11) is 0. The maximum Gasteiger partial charge on any atom is 0.211 e. The van der Waals surface area contributed by atoms with Crippen LogP contribution in [0.25, 0.3) is 0 Å². The van der Waals surface area contributed by atoms with E-state index in [1.165, 1.54) is 0 Å². The maximum atomic E-state index is 8.95. The Morgan fingerprint density at radius 3 is 3.10 bits per heavy atom. The summed E-state index contributed by atoms with van der Waals surface area (Å²) in [6, 6.07) is 3.35. The van der Waals surface area contributed by atoms with Crippen LogP contribution in [0.4, 0.5) is 0 Å². The number of rotatable bonds is 1. The Morgan fingerprint density at radius 2 is 2.50 bits per heavy atom. The summed E-state index contributed by atoms with van der Waals surface area (Å²) >= 11 is 0. The first-order valence-electron chi connectivity index (χ1n) is 2.94. The second-order valence-corrected chi connectivity index (χ2v) is 1.94. The molecule has 10 heavy (non-hydrogen) atoms. The van der Waals surface area contributed by atoms with Gasteiger partial charge in [0, 0.05) is 6.07 Å². The molecule has 1 rings (SSSR count). The first-order valence-corrected chi connectivity index (χ1v) is 2.94. The Balaban J connectivity index is 2.87. The van der Waals surface area contributed by atoms with E-state index in [1.807, 2.05) is 0 Å². The van der Waals surface area contributed by atoms with Crippen molar-refractivity contribution in [2.45, 2.75) is 6.54 Å². The third kappa shape index (κ3) is 1.49. The molecule has 0 aliphatic heterocycles. The lowest BCUT2D eigenvalue weighted by Crippen LogP contribution is -2.31. The van der Waals surface area contributed by atoms with Gasteiger partial charge in [-0.1, -0.05) is 0 Å². The van der Waals surface area contributed by atoms with Crippen LogP contribution in [0.2, 0.25) is 0 Å². The van der Waals surface area contributed by atoms with Crippen LogP contribution in [0.15, 0.2) is 24.5 Å². The zero-order chi connectivity index (χ0) is 7.40. The van der Waals surface area contributed by atoms with Gasteiger partial charge in [0.25, 0.3) is 0 Å². The van der Waals surface area contributed by atoms with Gasteiger partial charge in [0.05, 0.1) is 0 Å². The predicted octanol–water partition coefficient (Wildman–Crippen LogP) is 0.313. The van der Waals surface area contributed by atoms with Crippen molar-refractivity contribution in [1.29, 1.82) is 0 Å². The average molecular weight is 134 g/mol. The molecular weight excluding hydrogens is 126 g/mol. The second kappa shape index (κ2) is 2.88. The fourth-order valence-corrected chi connectivity index (χ4v) is 0.712. The number of aromatic nitrogens is 1. The maximum absolute atomic E-state index is 8.95. The minimum absolute atomic E-state index is 0.234. The van der Waals surface area contributed by atoms with Gasteiger partial charge < -0.3 is 5.11 Å². The van der Waals surface area contributed by atoms with E-state index in [2.05, 4.69) is 5.92 Å². The molecule has 0 saturated carbocycles. The van der Waals surface area contributed by atoms with Crippen molar-refractivity contribution >= 4 is 0 Å². The van der Waals surface area contributed by atoms with Crippen LogP contribution >= 0.6 is 0 Å². The van der Waals surface area contributed by atoms with Crippen LogP contribution in [0.3, 0.4) is 0 Å². The van der Waals surface area contributed by atoms with E-state index in [9.17, 15) is 0 Å². The molecule has 1 N–H and O–H groups in total. The SMILES string of the molecule is C#CC[n+]1cccc(O)c1. The molecule has 1 aromatic heterocycles. The van der Waals surface area contributed by atoms with Crippen LogP contribution in [0.1, 0.15) is 0 Å². The molecule has 2 heteroatoms. The molecule has 0 unspecified atom stereocenters. The number of aromatic hydroxyl groups is 1. The largest absolute Gasteiger partial charge is 0.503 e. The highest BCUT2D eigenvalue weighted by atomic mass is 16.3. The first kappa shape index (κ1) is 6.63. The lowest BCUT2D eigenvalue weighted by molar-refractivity contribution is -0.685. The molecule has 0 fully saturated rings. The second-order valence-electron chi connectivity index (χ2n) is 1.94. The van der Waals surface area contributed by atoms with Crippen LogP contribution in [0, 0.1) is 12.3 Å². The van der Waals surface area contributed by atoms with Gasteiger partial charge in [0.15, 0.2) is 11.9 Å². The highest BCUT2D eigenvalue weighted by Crippen LogP contribution is 1.99. The Bertz CT molecular complexity index is 262. The first-order chi connectivity index (χ1) is 4.83. The fourth-order valence-electron chi connectivity index (χ4n) is 0.712. The standard InChI is InChI=1S/C8H7NO/c1-2-5-9-6-3-4-8(10)7-9/h1,3-4,6-7H,5H2/p+1. The summed E-state index contributed by atoms with van der Waals surface area (Å²) in [6.45, 7) is 0.494. The topological polar surface area (TPSA) is 24.1 Å². The predicted molar refractivity (Wildman–Crippen MR) is 37.1 cm³/mol. The van der Waals surface area contributed by atoms with Crippen molar-refractivity contribution in [2.75, 3.05) is 0 Å². The highest BCUT2D eigenvalue weighted by Gasteiger charge is 1.96. The molecule has 0 aromatic carbocycles. The van der Waals surface area contributed by atoms with Gasteiger partial charge in [0.2, 0.25) is 12.7 Å². The lowest BCUT2D eigenvalue weighted by Gasteiger charge is -1.89. The third-order valence-electron chi connectivity index (χ3n) is 1.12. The van der Waals surface area contributed by atoms with Crippen molar-refractivity contribution in [3.05, 3.63) is 24.5 Å². The molecule has 1 heterocycles. The Morgan fingerprint density at radius 1 is 1.70 bits per heavy atom. The monoisotopic (exact) mass is 134 g/mol. The zero-order valence-corrected chi connectivity index (χ0v) is 5.49. The molecule has 0 amide bonds. The van der Waals surface area contributed by atoms with Crippen molar-refractivity contribution in [1.82, 2.24) is 0 Å². The van der Waals surface area contributed by atoms with Crippen LogP contribution in [0.5, 0.6) is 5.75 Å². The quantitative estimate of drug-likeness (QED) is 0.434. The summed E-state index contributed by atoms with van der Waals surface area (Å²) in [5, 5.41) is 8.95. The number of hydrogen-bond acceptors (Lipinski definition) is 1. The summed E-state index contributed by atoms with van der Waals surface area (Å²) < 4.78 is 1.73. The minimum Gasteiger partial charge on any atom is -0.503 e. The number of hydrogen-bond donors (Lipinski definition) is 1. The molecule has 50 valence electrons. The molecule has 0 aliphatic rings. The van der Waals surface area contributed by atoms with Crippen molar-refractivity contribution in [2.24, 2.45) is 0 Å². The summed E-state index contributed by atoms with van der Waals surface area (Å²) in [4.78, 5) is 0. The molecule has 0 saturated heterocycles. The van der Waals surface area contributed by atoms with Gasteiger partial charge >= 0.3 is 0 Å². The van der Waals surface area contributed by atoms with E-state index < -0.39 is 0 Å². The van der Waals surface area contributed by atoms with E-state index in [0.717, 1.165) is 0 Å². The molecule has 0 atom stereocenters. The Labute approximate surface area is 59.7 Å². The lowest BCUT2D eigenvalue weighted by atomic mass is 10.4. The van der Waals surface area contributed by atoms with Gasteiger partial charge in [-0.3, -0.25) is 0 Å². The summed E-state index contributed by atoms with van der Waals surface area (Å²) in [5.41, 5.74) is 0. The zero-order valence-electron chi connectivity index (χ0n) is 5.49. The minimum atomic E-state index is 0.234. The summed E-state index contributed by atoms with van der Waals surface area (Å²) in [5.74, 6) is 2.70. The van der Waals surface area contributed by atoms with Gasteiger partial charge in [-0.25, -0.2) is 0 Å². The molecule has 2 nitrogen and oxygen atoms in total. The Kier molecular flexibility index (Phi) is 1.91. The molecule has 0 radical (unpaired) electrons. The van der Waals surface area contributed by atoms with Crippen LogP contribution in [-0.2, 0) is 6.54 Å². The molecule has 0 bridgehead atoms. The van der Waals surface area contributed by atoms with E-state index in [4.69, 9.17) is 11.5 Å². The fraction of sp³-hybridized carbons (Fsp3) is 0.125. The third-order valence-corrected chi connectivity index (χ3v) is 1.12. The molecule has 0 spiro atoms. The normalized spacial score (nSPS) is 8.70. The van der Waals surface area contributed by atoms with Crippen molar-refractivity contribution in [3.63, 3.8) is 0 Å². The number of nitrogens with zero attached hydrogens (tertiary/aromatic N) is 1. The molecule has 1 aromatic rings. The molecule has 0 aliphatic carbocycles. The molecular formula is C8H8NO+. The van der Waals surface area contributed by atoms with Crippen LogP contribution < -0.4 is 4.57 Å². The highest BCUT2D eigenvalue weighted by molar-refractivity contribution is 5.09. The van der Waals surface area contributed by atoms with E-state index in [1.54, 1.807) is 29.1 Å². The Hall–Kier alpha value is -1.49. The van der Waals surface area contributed by atoms with Crippen LogP contribution in [-0.4, -0.2) is 5.11 Å². The smallest absolute Gasteiger partial charge is 0.211 e. The van der Waals surface area contributed by atoms with Gasteiger partial charge in [-0.15, -0.1) is 6.42 Å².